The standard InChI is InChI=1S/C15H31Cl.C7H9N/c1-2-3-4-5-6-7-8-9-10-11-12-13-14-15-16;8-6-7-4-2-1-3-5-7/h2-15H2,1H3;1-5H,6,8H2. The Labute approximate surface area is 156 Å². The quantitative estimate of drug-likeness (QED) is 0.272. The minimum Gasteiger partial charge on any atom is -0.326 e. The Bertz CT molecular complexity index is 312. The average Bonchev–Trinajstić information content (AvgIpc) is 2.64. The van der Waals surface area contributed by atoms with Gasteiger partial charge in [-0.15, -0.1) is 11.6 Å². The van der Waals surface area contributed by atoms with E-state index in [2.05, 4.69) is 6.92 Å². The minimum absolute atomic E-state index is 0.640. The summed E-state index contributed by atoms with van der Waals surface area (Å²) < 4.78 is 0. The zero-order valence-corrected chi connectivity index (χ0v) is 16.7. The first kappa shape index (κ1) is 23.5. The maximum Gasteiger partial charge on any atom is 0.0223 e. The Hall–Kier alpha value is -0.530. The van der Waals surface area contributed by atoms with E-state index >= 15 is 0 Å². The van der Waals surface area contributed by atoms with E-state index in [1.807, 2.05) is 30.3 Å². The second kappa shape index (κ2) is 20.5. The second-order valence-corrected chi connectivity index (χ2v) is 7.00. The third-order valence-corrected chi connectivity index (χ3v) is 4.58. The van der Waals surface area contributed by atoms with Gasteiger partial charge in [0.1, 0.15) is 0 Å². The van der Waals surface area contributed by atoms with E-state index in [-0.39, 0.29) is 0 Å². The predicted molar refractivity (Wildman–Crippen MR) is 111 cm³/mol. The monoisotopic (exact) mass is 353 g/mol. The van der Waals surface area contributed by atoms with Gasteiger partial charge in [0.25, 0.3) is 0 Å². The summed E-state index contributed by atoms with van der Waals surface area (Å²) in [6, 6.07) is 9.99. The lowest BCUT2D eigenvalue weighted by molar-refractivity contribution is 0.543. The Balaban J connectivity index is 0.000000546. The molecule has 0 atom stereocenters. The first-order chi connectivity index (χ1) is 11.8. The maximum atomic E-state index is 5.63. The molecule has 0 aliphatic rings. The van der Waals surface area contributed by atoms with Crippen molar-refractivity contribution in [1.29, 1.82) is 0 Å². The van der Waals surface area contributed by atoms with Gasteiger partial charge in [0.15, 0.2) is 0 Å². The number of rotatable bonds is 14. The molecule has 2 N–H and O–H groups in total. The van der Waals surface area contributed by atoms with Crippen molar-refractivity contribution >= 4 is 11.6 Å². The van der Waals surface area contributed by atoms with Crippen LogP contribution in [0.2, 0.25) is 0 Å². The average molecular weight is 354 g/mol. The third kappa shape index (κ3) is 17.8. The van der Waals surface area contributed by atoms with Gasteiger partial charge in [-0.25, -0.2) is 0 Å². The molecule has 0 aliphatic heterocycles. The highest BCUT2D eigenvalue weighted by atomic mass is 35.5. The topological polar surface area (TPSA) is 26.0 Å². The molecule has 2 heteroatoms. The van der Waals surface area contributed by atoms with Crippen molar-refractivity contribution in [2.45, 2.75) is 96.9 Å². The molecular formula is C22H40ClN. The number of nitrogens with two attached hydrogens (primary N) is 1. The summed E-state index contributed by atoms with van der Waals surface area (Å²) in [7, 11) is 0. The normalized spacial score (nSPS) is 10.3. The highest BCUT2D eigenvalue weighted by molar-refractivity contribution is 6.17. The van der Waals surface area contributed by atoms with E-state index in [9.17, 15) is 0 Å². The van der Waals surface area contributed by atoms with Crippen LogP contribution in [0, 0.1) is 0 Å². The lowest BCUT2D eigenvalue weighted by Gasteiger charge is -2.02. The smallest absolute Gasteiger partial charge is 0.0223 e. The van der Waals surface area contributed by atoms with Crippen LogP contribution in [-0.4, -0.2) is 5.88 Å². The van der Waals surface area contributed by atoms with Crippen LogP contribution in [-0.2, 0) is 6.54 Å². The van der Waals surface area contributed by atoms with Crippen molar-refractivity contribution in [2.24, 2.45) is 5.73 Å². The van der Waals surface area contributed by atoms with E-state index in [1.165, 1.54) is 89.0 Å². The number of benzene rings is 1. The summed E-state index contributed by atoms with van der Waals surface area (Å²) in [5.41, 5.74) is 6.54. The zero-order valence-electron chi connectivity index (χ0n) is 15.9. The molecule has 0 saturated heterocycles. The van der Waals surface area contributed by atoms with E-state index in [0.29, 0.717) is 6.54 Å². The second-order valence-electron chi connectivity index (χ2n) is 6.62. The van der Waals surface area contributed by atoms with Crippen LogP contribution >= 0.6 is 11.6 Å². The van der Waals surface area contributed by atoms with Gasteiger partial charge in [-0.1, -0.05) is 114 Å². The molecule has 0 heterocycles. The summed E-state index contributed by atoms with van der Waals surface area (Å²) in [5.74, 6) is 0.845. The van der Waals surface area contributed by atoms with Gasteiger partial charge in [-0.05, 0) is 12.0 Å². The van der Waals surface area contributed by atoms with Crippen LogP contribution < -0.4 is 5.73 Å². The van der Waals surface area contributed by atoms with Crippen LogP contribution in [0.25, 0.3) is 0 Å². The fourth-order valence-electron chi connectivity index (χ4n) is 2.73. The number of hydrogen-bond acceptors (Lipinski definition) is 1. The molecule has 0 spiro atoms. The lowest BCUT2D eigenvalue weighted by Crippen LogP contribution is -1.94. The molecule has 1 nitrogen and oxygen atoms in total. The van der Waals surface area contributed by atoms with E-state index in [1.54, 1.807) is 0 Å². The molecule has 1 aromatic rings. The molecular weight excluding hydrogens is 314 g/mol. The molecule has 24 heavy (non-hydrogen) atoms. The van der Waals surface area contributed by atoms with Crippen molar-refractivity contribution < 1.29 is 0 Å². The number of unbranched alkanes of at least 4 members (excludes halogenated alkanes) is 12. The molecule has 0 amide bonds. The molecule has 0 unspecified atom stereocenters. The van der Waals surface area contributed by atoms with Gasteiger partial charge in [-0.3, -0.25) is 0 Å². The fourth-order valence-corrected chi connectivity index (χ4v) is 2.92. The van der Waals surface area contributed by atoms with E-state index in [0.717, 1.165) is 5.88 Å². The predicted octanol–water partition coefficient (Wildman–Crippen LogP) is 7.46. The Morgan fingerprint density at radius 1 is 0.667 bits per heavy atom. The summed E-state index contributed by atoms with van der Waals surface area (Å²) in [6.07, 6.45) is 18.3. The van der Waals surface area contributed by atoms with Crippen LogP contribution in [0.1, 0.15) is 96.0 Å². The molecule has 0 fully saturated rings. The van der Waals surface area contributed by atoms with Crippen LogP contribution in [0.3, 0.4) is 0 Å². The molecule has 140 valence electrons. The first-order valence-electron chi connectivity index (χ1n) is 10.1. The van der Waals surface area contributed by atoms with Crippen molar-refractivity contribution in [3.63, 3.8) is 0 Å². The zero-order chi connectivity index (χ0) is 17.7. The van der Waals surface area contributed by atoms with Crippen molar-refractivity contribution in [2.75, 3.05) is 5.88 Å². The molecule has 1 rings (SSSR count). The van der Waals surface area contributed by atoms with E-state index in [4.69, 9.17) is 17.3 Å². The van der Waals surface area contributed by atoms with Gasteiger partial charge >= 0.3 is 0 Å². The minimum atomic E-state index is 0.640. The SMILES string of the molecule is CCCCCCCCCCCCCCCCl.NCc1ccccc1. The number of hydrogen-bond donors (Lipinski definition) is 1. The Morgan fingerprint density at radius 2 is 1.08 bits per heavy atom. The molecule has 0 saturated carbocycles. The molecule has 0 aromatic heterocycles. The van der Waals surface area contributed by atoms with Crippen molar-refractivity contribution in [1.82, 2.24) is 0 Å². The highest BCUT2D eigenvalue weighted by Gasteiger charge is 1.93. The molecule has 0 aliphatic carbocycles. The Kier molecular flexibility index (Phi) is 20.1. The maximum absolute atomic E-state index is 5.63. The van der Waals surface area contributed by atoms with Gasteiger partial charge < -0.3 is 5.73 Å². The van der Waals surface area contributed by atoms with Gasteiger partial charge in [0.05, 0.1) is 0 Å². The largest absolute Gasteiger partial charge is 0.326 e. The molecule has 0 bridgehead atoms. The van der Waals surface area contributed by atoms with E-state index < -0.39 is 0 Å². The van der Waals surface area contributed by atoms with Crippen molar-refractivity contribution in [3.8, 4) is 0 Å². The summed E-state index contributed by atoms with van der Waals surface area (Å²) in [5, 5.41) is 0. The number of alkyl halides is 1. The molecule has 0 radical (unpaired) electrons. The summed E-state index contributed by atoms with van der Waals surface area (Å²) in [4.78, 5) is 0. The van der Waals surface area contributed by atoms with Crippen LogP contribution in [0.4, 0.5) is 0 Å². The molecule has 1 aromatic carbocycles. The first-order valence-corrected chi connectivity index (χ1v) is 10.7. The third-order valence-electron chi connectivity index (χ3n) is 4.32. The number of halogens is 1. The van der Waals surface area contributed by atoms with Crippen LogP contribution in [0.15, 0.2) is 30.3 Å². The van der Waals surface area contributed by atoms with Gasteiger partial charge in [0.2, 0.25) is 0 Å². The van der Waals surface area contributed by atoms with Crippen LogP contribution in [0.5, 0.6) is 0 Å². The highest BCUT2D eigenvalue weighted by Crippen LogP contribution is 2.12. The van der Waals surface area contributed by atoms with Gasteiger partial charge in [0, 0.05) is 12.4 Å². The lowest BCUT2D eigenvalue weighted by atomic mass is 10.1. The van der Waals surface area contributed by atoms with Crippen molar-refractivity contribution in [3.05, 3.63) is 35.9 Å². The Morgan fingerprint density at radius 3 is 1.42 bits per heavy atom. The van der Waals surface area contributed by atoms with Gasteiger partial charge in [-0.2, -0.15) is 0 Å². The summed E-state index contributed by atoms with van der Waals surface area (Å²) >= 11 is 5.63. The fraction of sp³-hybridized carbons (Fsp3) is 0.727. The summed E-state index contributed by atoms with van der Waals surface area (Å²) in [6.45, 7) is 2.92.